The van der Waals surface area contributed by atoms with E-state index < -0.39 is 0 Å². The van der Waals surface area contributed by atoms with Gasteiger partial charge in [0.15, 0.2) is 0 Å². The predicted octanol–water partition coefficient (Wildman–Crippen LogP) is 4.93. The third kappa shape index (κ3) is 3.07. The minimum absolute atomic E-state index is 0.240. The van der Waals surface area contributed by atoms with Crippen molar-refractivity contribution in [2.24, 2.45) is 5.92 Å². The monoisotopic (exact) mass is 226 g/mol. The zero-order chi connectivity index (χ0) is 11.4. The maximum Gasteiger partial charge on any atom is 0.132 e. The SMILES string of the molecule is CC/C(=C\C(C)C)c1c(F)cccc1Cl. The number of rotatable bonds is 3. The molecule has 0 nitrogen and oxygen atoms in total. The van der Waals surface area contributed by atoms with Crippen molar-refractivity contribution in [3.05, 3.63) is 40.7 Å². The molecular formula is C13H16ClF. The molecule has 0 unspecified atom stereocenters. The smallest absolute Gasteiger partial charge is 0.132 e. The average Bonchev–Trinajstić information content (AvgIpc) is 2.15. The van der Waals surface area contributed by atoms with Crippen molar-refractivity contribution < 1.29 is 4.39 Å². The summed E-state index contributed by atoms with van der Waals surface area (Å²) in [4.78, 5) is 0. The van der Waals surface area contributed by atoms with Gasteiger partial charge in [-0.25, -0.2) is 4.39 Å². The Morgan fingerprint density at radius 1 is 1.47 bits per heavy atom. The molecule has 0 saturated heterocycles. The van der Waals surface area contributed by atoms with Gasteiger partial charge in [-0.05, 0) is 30.0 Å². The molecule has 0 spiro atoms. The fourth-order valence-electron chi connectivity index (χ4n) is 1.58. The standard InChI is InChI=1S/C13H16ClF/c1-4-10(8-9(2)3)13-11(14)6-5-7-12(13)15/h5-9H,4H2,1-3H3/b10-8+. The summed E-state index contributed by atoms with van der Waals surface area (Å²) < 4.78 is 13.6. The van der Waals surface area contributed by atoms with Gasteiger partial charge in [-0.15, -0.1) is 0 Å². The molecule has 0 bridgehead atoms. The molecule has 0 aliphatic heterocycles. The van der Waals surface area contributed by atoms with E-state index in [9.17, 15) is 4.39 Å². The second kappa shape index (κ2) is 5.32. The van der Waals surface area contributed by atoms with E-state index in [0.29, 0.717) is 16.5 Å². The van der Waals surface area contributed by atoms with Gasteiger partial charge in [-0.1, -0.05) is 44.5 Å². The van der Waals surface area contributed by atoms with Gasteiger partial charge >= 0.3 is 0 Å². The van der Waals surface area contributed by atoms with Gasteiger partial charge in [-0.2, -0.15) is 0 Å². The molecule has 1 aromatic rings. The Morgan fingerprint density at radius 2 is 2.13 bits per heavy atom. The lowest BCUT2D eigenvalue weighted by Crippen LogP contribution is -1.93. The van der Waals surface area contributed by atoms with E-state index >= 15 is 0 Å². The van der Waals surface area contributed by atoms with Crippen LogP contribution in [-0.4, -0.2) is 0 Å². The van der Waals surface area contributed by atoms with Gasteiger partial charge in [0.25, 0.3) is 0 Å². The number of halogens is 2. The number of allylic oxidation sites excluding steroid dienone is 2. The first-order valence-corrected chi connectivity index (χ1v) is 5.59. The number of benzene rings is 1. The van der Waals surface area contributed by atoms with E-state index in [1.54, 1.807) is 12.1 Å². The first-order valence-electron chi connectivity index (χ1n) is 5.21. The molecule has 0 aliphatic carbocycles. The number of hydrogen-bond donors (Lipinski definition) is 0. The Hall–Kier alpha value is -0.820. The average molecular weight is 227 g/mol. The van der Waals surface area contributed by atoms with Crippen LogP contribution in [0.15, 0.2) is 24.3 Å². The highest BCUT2D eigenvalue weighted by Gasteiger charge is 2.10. The molecule has 1 aromatic carbocycles. The molecule has 0 N–H and O–H groups in total. The molecule has 0 heterocycles. The van der Waals surface area contributed by atoms with E-state index in [1.165, 1.54) is 6.07 Å². The highest BCUT2D eigenvalue weighted by atomic mass is 35.5. The molecule has 0 atom stereocenters. The van der Waals surface area contributed by atoms with E-state index in [2.05, 4.69) is 19.9 Å². The third-order valence-electron chi connectivity index (χ3n) is 2.20. The second-order valence-electron chi connectivity index (χ2n) is 3.89. The van der Waals surface area contributed by atoms with Gasteiger partial charge in [0.1, 0.15) is 5.82 Å². The van der Waals surface area contributed by atoms with E-state index in [0.717, 1.165) is 12.0 Å². The van der Waals surface area contributed by atoms with Crippen LogP contribution in [0.3, 0.4) is 0 Å². The maximum atomic E-state index is 13.6. The van der Waals surface area contributed by atoms with Crippen molar-refractivity contribution in [2.75, 3.05) is 0 Å². The highest BCUT2D eigenvalue weighted by molar-refractivity contribution is 6.32. The Balaban J connectivity index is 3.24. The molecule has 15 heavy (non-hydrogen) atoms. The Labute approximate surface area is 95.8 Å². The minimum atomic E-state index is -0.240. The summed E-state index contributed by atoms with van der Waals surface area (Å²) in [7, 11) is 0. The van der Waals surface area contributed by atoms with Crippen LogP contribution in [0.25, 0.3) is 5.57 Å². The van der Waals surface area contributed by atoms with Gasteiger partial charge in [-0.3, -0.25) is 0 Å². The zero-order valence-electron chi connectivity index (χ0n) is 9.35. The van der Waals surface area contributed by atoms with E-state index in [4.69, 9.17) is 11.6 Å². The van der Waals surface area contributed by atoms with Gasteiger partial charge in [0.2, 0.25) is 0 Å². The van der Waals surface area contributed by atoms with Gasteiger partial charge in [0, 0.05) is 5.56 Å². The summed E-state index contributed by atoms with van der Waals surface area (Å²) in [5, 5.41) is 0.490. The fraction of sp³-hybridized carbons (Fsp3) is 0.385. The van der Waals surface area contributed by atoms with Crippen LogP contribution in [0.5, 0.6) is 0 Å². The van der Waals surface area contributed by atoms with Crippen molar-refractivity contribution in [2.45, 2.75) is 27.2 Å². The topological polar surface area (TPSA) is 0 Å². The van der Waals surface area contributed by atoms with Crippen molar-refractivity contribution in [3.8, 4) is 0 Å². The molecular weight excluding hydrogens is 211 g/mol. The lowest BCUT2D eigenvalue weighted by Gasteiger charge is -2.10. The maximum absolute atomic E-state index is 13.6. The molecule has 2 heteroatoms. The molecule has 1 rings (SSSR count). The molecule has 0 saturated carbocycles. The molecule has 0 aliphatic rings. The van der Waals surface area contributed by atoms with Crippen molar-refractivity contribution in [1.82, 2.24) is 0 Å². The van der Waals surface area contributed by atoms with Gasteiger partial charge in [0.05, 0.1) is 5.02 Å². The van der Waals surface area contributed by atoms with Crippen LogP contribution in [0.1, 0.15) is 32.8 Å². The molecule has 0 radical (unpaired) electrons. The normalized spacial score (nSPS) is 12.3. The van der Waals surface area contributed by atoms with E-state index in [1.807, 2.05) is 6.92 Å². The van der Waals surface area contributed by atoms with Crippen LogP contribution in [0.2, 0.25) is 5.02 Å². The van der Waals surface area contributed by atoms with Crippen LogP contribution in [0.4, 0.5) is 4.39 Å². The molecule has 0 amide bonds. The summed E-state index contributed by atoms with van der Waals surface area (Å²) in [6, 6.07) is 4.80. The lowest BCUT2D eigenvalue weighted by atomic mass is 9.99. The van der Waals surface area contributed by atoms with Crippen molar-refractivity contribution in [3.63, 3.8) is 0 Å². The first kappa shape index (κ1) is 12.3. The summed E-state index contributed by atoms with van der Waals surface area (Å²) in [6.45, 7) is 6.16. The minimum Gasteiger partial charge on any atom is -0.206 e. The number of hydrogen-bond acceptors (Lipinski definition) is 0. The zero-order valence-corrected chi connectivity index (χ0v) is 10.1. The fourth-order valence-corrected chi connectivity index (χ4v) is 1.87. The quantitative estimate of drug-likeness (QED) is 0.686. The van der Waals surface area contributed by atoms with Crippen LogP contribution in [0, 0.1) is 11.7 Å². The van der Waals surface area contributed by atoms with Crippen molar-refractivity contribution >= 4 is 17.2 Å². The predicted molar refractivity (Wildman–Crippen MR) is 64.5 cm³/mol. The summed E-state index contributed by atoms with van der Waals surface area (Å²) >= 11 is 6.01. The lowest BCUT2D eigenvalue weighted by molar-refractivity contribution is 0.623. The first-order chi connectivity index (χ1) is 7.06. The Bertz CT molecular complexity index is 347. The van der Waals surface area contributed by atoms with Crippen LogP contribution < -0.4 is 0 Å². The van der Waals surface area contributed by atoms with Gasteiger partial charge < -0.3 is 0 Å². The molecule has 82 valence electrons. The largest absolute Gasteiger partial charge is 0.206 e. The second-order valence-corrected chi connectivity index (χ2v) is 4.29. The summed E-state index contributed by atoms with van der Waals surface area (Å²) in [5.74, 6) is 0.159. The third-order valence-corrected chi connectivity index (χ3v) is 2.51. The summed E-state index contributed by atoms with van der Waals surface area (Å²) in [6.07, 6.45) is 2.85. The summed E-state index contributed by atoms with van der Waals surface area (Å²) in [5.41, 5.74) is 1.53. The highest BCUT2D eigenvalue weighted by Crippen LogP contribution is 2.29. The molecule has 0 aromatic heterocycles. The Morgan fingerprint density at radius 3 is 2.60 bits per heavy atom. The van der Waals surface area contributed by atoms with E-state index in [-0.39, 0.29) is 5.82 Å². The van der Waals surface area contributed by atoms with Crippen LogP contribution in [-0.2, 0) is 0 Å². The van der Waals surface area contributed by atoms with Crippen molar-refractivity contribution in [1.29, 1.82) is 0 Å². The Kier molecular flexibility index (Phi) is 4.34. The molecule has 0 fully saturated rings. The van der Waals surface area contributed by atoms with Crippen LogP contribution >= 0.6 is 11.6 Å².